The summed E-state index contributed by atoms with van der Waals surface area (Å²) in [4.78, 5) is 25.0. The van der Waals surface area contributed by atoms with Crippen molar-refractivity contribution in [2.24, 2.45) is 0 Å². The molecule has 154 valence electrons. The SMILES string of the molecule is CCOC(=O)CCN(CCC[Si](OCC)(OCC)OCC)CCC(C)=O. The fraction of sp³-hybridized carbons (Fsp3) is 0.889. The van der Waals surface area contributed by atoms with Gasteiger partial charge in [-0.15, -0.1) is 0 Å². The van der Waals surface area contributed by atoms with Gasteiger partial charge in [-0.1, -0.05) is 0 Å². The maximum atomic E-state index is 11.6. The molecule has 0 amide bonds. The van der Waals surface area contributed by atoms with Gasteiger partial charge in [0.2, 0.25) is 0 Å². The zero-order valence-electron chi connectivity index (χ0n) is 17.2. The summed E-state index contributed by atoms with van der Waals surface area (Å²) < 4.78 is 22.6. The smallest absolute Gasteiger partial charge is 0.466 e. The first-order valence-electron chi connectivity index (χ1n) is 9.72. The van der Waals surface area contributed by atoms with E-state index in [1.165, 1.54) is 0 Å². The summed E-state index contributed by atoms with van der Waals surface area (Å²) in [6.45, 7) is 13.3. The quantitative estimate of drug-likeness (QED) is 0.279. The summed E-state index contributed by atoms with van der Waals surface area (Å²) in [6, 6.07) is 0.721. The van der Waals surface area contributed by atoms with E-state index in [0.717, 1.165) is 19.0 Å². The van der Waals surface area contributed by atoms with Crippen LogP contribution < -0.4 is 0 Å². The molecule has 0 aliphatic carbocycles. The minimum atomic E-state index is -2.65. The fourth-order valence-electron chi connectivity index (χ4n) is 2.65. The average molecular weight is 392 g/mol. The van der Waals surface area contributed by atoms with Crippen molar-refractivity contribution in [1.29, 1.82) is 0 Å². The third-order valence-electron chi connectivity index (χ3n) is 3.77. The van der Waals surface area contributed by atoms with Gasteiger partial charge in [0.25, 0.3) is 0 Å². The number of nitrogens with zero attached hydrogens (tertiary/aromatic N) is 1. The number of esters is 1. The van der Waals surface area contributed by atoms with Crippen LogP contribution in [0.5, 0.6) is 0 Å². The summed E-state index contributed by atoms with van der Waals surface area (Å²) in [5.74, 6) is -0.0604. The standard InChI is InChI=1S/C18H37NO6Si/c1-6-22-18(21)12-15-19(14-11-17(5)20)13-10-16-26(23-7-2,24-8-3)25-9-4/h6-16H2,1-5H3. The third-order valence-corrected chi connectivity index (χ3v) is 6.92. The molecule has 0 bridgehead atoms. The maximum Gasteiger partial charge on any atom is 0.500 e. The van der Waals surface area contributed by atoms with Gasteiger partial charge < -0.3 is 22.9 Å². The summed E-state index contributed by atoms with van der Waals surface area (Å²) in [5, 5.41) is 0. The van der Waals surface area contributed by atoms with Gasteiger partial charge in [-0.25, -0.2) is 0 Å². The van der Waals surface area contributed by atoms with Gasteiger partial charge in [-0.3, -0.25) is 9.59 Å². The van der Waals surface area contributed by atoms with Crippen LogP contribution in [0.3, 0.4) is 0 Å². The van der Waals surface area contributed by atoms with Crippen LogP contribution in [-0.2, 0) is 27.6 Å². The normalized spacial score (nSPS) is 11.8. The number of Topliss-reactive ketones (excluding diaryl/α,β-unsaturated/α-hetero) is 1. The molecule has 0 aromatic heterocycles. The summed E-state index contributed by atoms with van der Waals surface area (Å²) >= 11 is 0. The molecule has 0 saturated carbocycles. The van der Waals surface area contributed by atoms with Crippen molar-refractivity contribution in [3.05, 3.63) is 0 Å². The summed E-state index contributed by atoms with van der Waals surface area (Å²) in [5.41, 5.74) is 0. The molecule has 0 spiro atoms. The lowest BCUT2D eigenvalue weighted by Crippen LogP contribution is -2.46. The molecule has 0 aromatic rings. The van der Waals surface area contributed by atoms with E-state index in [0.29, 0.717) is 52.4 Å². The van der Waals surface area contributed by atoms with Crippen LogP contribution >= 0.6 is 0 Å². The van der Waals surface area contributed by atoms with Crippen LogP contribution in [0, 0.1) is 0 Å². The minimum absolute atomic E-state index is 0.146. The van der Waals surface area contributed by atoms with E-state index in [9.17, 15) is 9.59 Å². The fourth-order valence-corrected chi connectivity index (χ4v) is 5.25. The monoisotopic (exact) mass is 391 g/mol. The number of ether oxygens (including phenoxy) is 1. The van der Waals surface area contributed by atoms with Crippen LogP contribution in [0.1, 0.15) is 53.9 Å². The Morgan fingerprint density at radius 2 is 1.35 bits per heavy atom. The van der Waals surface area contributed by atoms with Gasteiger partial charge >= 0.3 is 14.8 Å². The molecular weight excluding hydrogens is 354 g/mol. The lowest BCUT2D eigenvalue weighted by molar-refractivity contribution is -0.143. The Kier molecular flexibility index (Phi) is 14.8. The maximum absolute atomic E-state index is 11.6. The van der Waals surface area contributed by atoms with Crippen molar-refractivity contribution >= 4 is 20.6 Å². The first-order chi connectivity index (χ1) is 12.4. The van der Waals surface area contributed by atoms with E-state index in [1.54, 1.807) is 13.8 Å². The largest absolute Gasteiger partial charge is 0.500 e. The molecule has 0 radical (unpaired) electrons. The zero-order valence-corrected chi connectivity index (χ0v) is 18.2. The van der Waals surface area contributed by atoms with Crippen molar-refractivity contribution in [2.75, 3.05) is 46.1 Å². The number of rotatable bonds is 17. The first kappa shape index (κ1) is 25.2. The van der Waals surface area contributed by atoms with E-state index in [1.807, 2.05) is 20.8 Å². The van der Waals surface area contributed by atoms with Crippen LogP contribution in [0.4, 0.5) is 0 Å². The lowest BCUT2D eigenvalue weighted by atomic mass is 10.2. The Bertz CT molecular complexity index is 377. The molecular formula is C18H37NO6Si. The predicted octanol–water partition coefficient (Wildman–Crippen LogP) is 2.66. The number of hydrogen-bond acceptors (Lipinski definition) is 7. The Labute approximate surface area is 159 Å². The highest BCUT2D eigenvalue weighted by atomic mass is 28.4. The highest BCUT2D eigenvalue weighted by Gasteiger charge is 2.39. The van der Waals surface area contributed by atoms with Crippen LogP contribution in [0.2, 0.25) is 6.04 Å². The summed E-state index contributed by atoms with van der Waals surface area (Å²) in [7, 11) is -2.65. The predicted molar refractivity (Wildman–Crippen MR) is 103 cm³/mol. The molecule has 0 fully saturated rings. The van der Waals surface area contributed by atoms with Crippen LogP contribution in [-0.4, -0.2) is 71.5 Å². The zero-order chi connectivity index (χ0) is 19.8. The van der Waals surface area contributed by atoms with Gasteiger partial charge in [0.15, 0.2) is 0 Å². The lowest BCUT2D eigenvalue weighted by Gasteiger charge is -2.29. The second-order valence-corrected chi connectivity index (χ2v) is 8.67. The van der Waals surface area contributed by atoms with E-state index < -0.39 is 8.80 Å². The highest BCUT2D eigenvalue weighted by Crippen LogP contribution is 2.18. The second-order valence-electron chi connectivity index (χ2n) is 5.93. The molecule has 0 rings (SSSR count). The Hall–Kier alpha value is -0.803. The summed E-state index contributed by atoms with van der Waals surface area (Å²) in [6.07, 6.45) is 1.64. The molecule has 26 heavy (non-hydrogen) atoms. The van der Waals surface area contributed by atoms with E-state index in [-0.39, 0.29) is 11.8 Å². The molecule has 0 unspecified atom stereocenters. The van der Waals surface area contributed by atoms with Crippen molar-refractivity contribution in [2.45, 2.75) is 59.9 Å². The molecule has 0 saturated heterocycles. The van der Waals surface area contributed by atoms with Gasteiger partial charge in [-0.2, -0.15) is 0 Å². The highest BCUT2D eigenvalue weighted by molar-refractivity contribution is 6.60. The third kappa shape index (κ3) is 11.7. The topological polar surface area (TPSA) is 74.3 Å². The van der Waals surface area contributed by atoms with Crippen LogP contribution in [0.15, 0.2) is 0 Å². The van der Waals surface area contributed by atoms with E-state index >= 15 is 0 Å². The van der Waals surface area contributed by atoms with Crippen molar-refractivity contribution in [3.63, 3.8) is 0 Å². The van der Waals surface area contributed by atoms with Crippen LogP contribution in [0.25, 0.3) is 0 Å². The molecule has 0 atom stereocenters. The van der Waals surface area contributed by atoms with Gasteiger partial charge in [-0.05, 0) is 47.6 Å². The molecule has 0 aliphatic rings. The van der Waals surface area contributed by atoms with E-state index in [2.05, 4.69) is 4.90 Å². The minimum Gasteiger partial charge on any atom is -0.466 e. The van der Waals surface area contributed by atoms with Crippen molar-refractivity contribution < 1.29 is 27.6 Å². The number of carbonyl (C=O) groups is 2. The average Bonchev–Trinajstić information content (AvgIpc) is 2.57. The van der Waals surface area contributed by atoms with Gasteiger partial charge in [0, 0.05) is 45.4 Å². The Balaban J connectivity index is 4.64. The number of carbonyl (C=O) groups excluding carboxylic acids is 2. The second kappa shape index (κ2) is 15.3. The van der Waals surface area contributed by atoms with Crippen molar-refractivity contribution in [3.8, 4) is 0 Å². The molecule has 7 nitrogen and oxygen atoms in total. The molecule has 0 aromatic carbocycles. The molecule has 0 aliphatic heterocycles. The van der Waals surface area contributed by atoms with E-state index in [4.69, 9.17) is 18.0 Å². The first-order valence-corrected chi connectivity index (χ1v) is 11.6. The Morgan fingerprint density at radius 1 is 0.808 bits per heavy atom. The Morgan fingerprint density at radius 3 is 1.81 bits per heavy atom. The van der Waals surface area contributed by atoms with Crippen molar-refractivity contribution in [1.82, 2.24) is 4.90 Å². The van der Waals surface area contributed by atoms with Gasteiger partial charge in [0.05, 0.1) is 13.0 Å². The van der Waals surface area contributed by atoms with Gasteiger partial charge in [0.1, 0.15) is 5.78 Å². The molecule has 8 heteroatoms. The molecule has 0 N–H and O–H groups in total. The number of ketones is 1. The molecule has 0 heterocycles. The number of hydrogen-bond donors (Lipinski definition) is 0.